The summed E-state index contributed by atoms with van der Waals surface area (Å²) in [5, 5.41) is 4.11. The molecule has 0 bridgehead atoms. The van der Waals surface area contributed by atoms with E-state index in [2.05, 4.69) is 21.4 Å². The second-order valence-corrected chi connectivity index (χ2v) is 7.07. The van der Waals surface area contributed by atoms with E-state index in [0.29, 0.717) is 18.6 Å². The van der Waals surface area contributed by atoms with Crippen molar-refractivity contribution < 1.29 is 9.53 Å². The van der Waals surface area contributed by atoms with E-state index < -0.39 is 0 Å². The summed E-state index contributed by atoms with van der Waals surface area (Å²) in [4.78, 5) is 12.3. The van der Waals surface area contributed by atoms with Crippen LogP contribution in [0.2, 0.25) is 0 Å². The molecule has 27 heavy (non-hydrogen) atoms. The van der Waals surface area contributed by atoms with E-state index in [1.165, 1.54) is 12.8 Å². The number of amides is 1. The van der Waals surface area contributed by atoms with E-state index in [0.717, 1.165) is 23.3 Å². The standard InChI is InChI=1S/C21H24N4O2/c26-21(19-12-18(23-24-19)16-10-11-16)25-22-13-17-8-4-5-9-20(17)27-14-15-6-2-1-3-7-15/h1-9,13,16,18-19,23-24H,10-12,14H2,(H,25,26)/b22-13+. The van der Waals surface area contributed by atoms with Gasteiger partial charge in [0.05, 0.1) is 6.21 Å². The molecule has 1 saturated carbocycles. The Kier molecular flexibility index (Phi) is 5.46. The summed E-state index contributed by atoms with van der Waals surface area (Å²) < 4.78 is 5.90. The predicted octanol–water partition coefficient (Wildman–Crippen LogP) is 2.36. The molecule has 0 radical (unpaired) electrons. The molecule has 6 nitrogen and oxygen atoms in total. The number of ether oxygens (including phenoxy) is 1. The van der Waals surface area contributed by atoms with Gasteiger partial charge in [-0.05, 0) is 42.9 Å². The molecule has 6 heteroatoms. The Morgan fingerprint density at radius 3 is 2.70 bits per heavy atom. The van der Waals surface area contributed by atoms with Crippen LogP contribution in [0.25, 0.3) is 0 Å². The van der Waals surface area contributed by atoms with Crippen LogP contribution in [0.4, 0.5) is 0 Å². The Hall–Kier alpha value is -2.70. The number of hydrogen-bond acceptors (Lipinski definition) is 5. The maximum absolute atomic E-state index is 12.3. The molecule has 1 aliphatic carbocycles. The fourth-order valence-electron chi connectivity index (χ4n) is 3.26. The molecule has 3 N–H and O–H groups in total. The highest BCUT2D eigenvalue weighted by molar-refractivity contribution is 5.86. The van der Waals surface area contributed by atoms with Crippen molar-refractivity contribution in [3.8, 4) is 5.75 Å². The number of carbonyl (C=O) groups is 1. The van der Waals surface area contributed by atoms with Gasteiger partial charge in [-0.15, -0.1) is 0 Å². The molecule has 0 aromatic heterocycles. The Bertz CT molecular complexity index is 805. The average molecular weight is 364 g/mol. The van der Waals surface area contributed by atoms with E-state index >= 15 is 0 Å². The second kappa shape index (κ2) is 8.33. The van der Waals surface area contributed by atoms with Crippen molar-refractivity contribution in [1.82, 2.24) is 16.3 Å². The maximum Gasteiger partial charge on any atom is 0.258 e. The molecule has 4 rings (SSSR count). The molecule has 2 aromatic carbocycles. The molecule has 1 aliphatic heterocycles. The number of para-hydroxylation sites is 1. The molecule has 2 unspecified atom stereocenters. The third-order valence-electron chi connectivity index (χ3n) is 4.97. The van der Waals surface area contributed by atoms with E-state index in [1.807, 2.05) is 54.6 Å². The van der Waals surface area contributed by atoms with Gasteiger partial charge in [0, 0.05) is 11.6 Å². The number of hydrazine groups is 1. The highest BCUT2D eigenvalue weighted by atomic mass is 16.5. The third kappa shape index (κ3) is 4.72. The summed E-state index contributed by atoms with van der Waals surface area (Å²) in [6.45, 7) is 0.484. The summed E-state index contributed by atoms with van der Waals surface area (Å²) in [7, 11) is 0. The van der Waals surface area contributed by atoms with Gasteiger partial charge >= 0.3 is 0 Å². The topological polar surface area (TPSA) is 74.8 Å². The molecule has 1 amide bonds. The number of rotatable bonds is 7. The SMILES string of the molecule is O=C(N/N=C/c1ccccc1OCc1ccccc1)C1CC(C2CC2)NN1. The fourth-order valence-corrected chi connectivity index (χ4v) is 3.26. The molecule has 1 heterocycles. The van der Waals surface area contributed by atoms with Crippen LogP contribution in [0, 0.1) is 5.92 Å². The van der Waals surface area contributed by atoms with Crippen molar-refractivity contribution in [3.63, 3.8) is 0 Å². The van der Waals surface area contributed by atoms with Gasteiger partial charge in [-0.25, -0.2) is 10.9 Å². The first-order valence-corrected chi connectivity index (χ1v) is 9.39. The van der Waals surface area contributed by atoms with Crippen LogP contribution in [-0.2, 0) is 11.4 Å². The molecule has 140 valence electrons. The predicted molar refractivity (Wildman–Crippen MR) is 104 cm³/mol. The zero-order valence-electron chi connectivity index (χ0n) is 15.1. The lowest BCUT2D eigenvalue weighted by Gasteiger charge is -2.09. The normalized spacial score (nSPS) is 22.1. The minimum absolute atomic E-state index is 0.121. The van der Waals surface area contributed by atoms with Crippen LogP contribution in [0.1, 0.15) is 30.4 Å². The van der Waals surface area contributed by atoms with Gasteiger partial charge in [-0.2, -0.15) is 5.10 Å². The van der Waals surface area contributed by atoms with Gasteiger partial charge in [0.2, 0.25) is 0 Å². The molecule has 2 aliphatic rings. The van der Waals surface area contributed by atoms with E-state index in [1.54, 1.807) is 6.21 Å². The molecule has 1 saturated heterocycles. The first kappa shape index (κ1) is 17.7. The van der Waals surface area contributed by atoms with Crippen LogP contribution in [-0.4, -0.2) is 24.2 Å². The Morgan fingerprint density at radius 1 is 1.11 bits per heavy atom. The van der Waals surface area contributed by atoms with Crippen LogP contribution in [0.3, 0.4) is 0 Å². The Labute approximate surface area is 159 Å². The van der Waals surface area contributed by atoms with E-state index in [4.69, 9.17) is 4.74 Å². The average Bonchev–Trinajstić information content (AvgIpc) is 3.44. The zero-order valence-corrected chi connectivity index (χ0v) is 15.1. The van der Waals surface area contributed by atoms with Crippen molar-refractivity contribution in [2.45, 2.75) is 38.0 Å². The number of nitrogens with zero attached hydrogens (tertiary/aromatic N) is 1. The minimum atomic E-state index is -0.239. The van der Waals surface area contributed by atoms with Crippen LogP contribution < -0.4 is 21.0 Å². The van der Waals surface area contributed by atoms with Crippen molar-refractivity contribution in [3.05, 3.63) is 65.7 Å². The molecule has 2 aromatic rings. The summed E-state index contributed by atoms with van der Waals surface area (Å²) in [6, 6.07) is 17.8. The first-order valence-electron chi connectivity index (χ1n) is 9.39. The first-order chi connectivity index (χ1) is 13.3. The van der Waals surface area contributed by atoms with Crippen molar-refractivity contribution in [2.24, 2.45) is 11.0 Å². The second-order valence-electron chi connectivity index (χ2n) is 7.07. The quantitative estimate of drug-likeness (QED) is 0.521. The lowest BCUT2D eigenvalue weighted by atomic mass is 10.1. The van der Waals surface area contributed by atoms with Gasteiger partial charge in [0.25, 0.3) is 5.91 Å². The highest BCUT2D eigenvalue weighted by Gasteiger charge is 2.38. The Morgan fingerprint density at radius 2 is 1.89 bits per heavy atom. The lowest BCUT2D eigenvalue weighted by Crippen LogP contribution is -2.42. The van der Waals surface area contributed by atoms with Crippen LogP contribution in [0.5, 0.6) is 5.75 Å². The van der Waals surface area contributed by atoms with Crippen molar-refractivity contribution in [2.75, 3.05) is 0 Å². The zero-order chi connectivity index (χ0) is 18.5. The Balaban J connectivity index is 1.31. The molecule has 2 atom stereocenters. The van der Waals surface area contributed by atoms with Gasteiger partial charge < -0.3 is 4.74 Å². The fraction of sp³-hybridized carbons (Fsp3) is 0.333. The smallest absolute Gasteiger partial charge is 0.258 e. The lowest BCUT2D eigenvalue weighted by molar-refractivity contribution is -0.122. The summed E-state index contributed by atoms with van der Waals surface area (Å²) in [5.41, 5.74) is 10.8. The summed E-state index contributed by atoms with van der Waals surface area (Å²) >= 11 is 0. The number of carbonyl (C=O) groups excluding carboxylic acids is 1. The number of nitrogens with one attached hydrogen (secondary N) is 3. The molecular weight excluding hydrogens is 340 g/mol. The van der Waals surface area contributed by atoms with E-state index in [9.17, 15) is 4.79 Å². The van der Waals surface area contributed by atoms with Gasteiger partial charge in [0.15, 0.2) is 0 Å². The van der Waals surface area contributed by atoms with Gasteiger partial charge in [0.1, 0.15) is 18.4 Å². The van der Waals surface area contributed by atoms with Gasteiger partial charge in [-0.1, -0.05) is 42.5 Å². The van der Waals surface area contributed by atoms with Gasteiger partial charge in [-0.3, -0.25) is 10.2 Å². The minimum Gasteiger partial charge on any atom is -0.488 e. The van der Waals surface area contributed by atoms with Crippen molar-refractivity contribution in [1.29, 1.82) is 0 Å². The highest BCUT2D eigenvalue weighted by Crippen LogP contribution is 2.35. The van der Waals surface area contributed by atoms with Crippen molar-refractivity contribution >= 4 is 12.1 Å². The van der Waals surface area contributed by atoms with Crippen LogP contribution >= 0.6 is 0 Å². The summed E-state index contributed by atoms with van der Waals surface area (Å²) in [6.07, 6.45) is 4.94. The molecule has 0 spiro atoms. The maximum atomic E-state index is 12.3. The number of hydrazone groups is 1. The van der Waals surface area contributed by atoms with E-state index in [-0.39, 0.29) is 11.9 Å². The van der Waals surface area contributed by atoms with Crippen LogP contribution in [0.15, 0.2) is 59.7 Å². The monoisotopic (exact) mass is 364 g/mol. The summed E-state index contributed by atoms with van der Waals surface area (Å²) in [5.74, 6) is 1.32. The largest absolute Gasteiger partial charge is 0.488 e. The number of benzene rings is 2. The number of hydrogen-bond donors (Lipinski definition) is 3. The molecule has 2 fully saturated rings. The molecular formula is C21H24N4O2. The third-order valence-corrected chi connectivity index (χ3v) is 4.97.